The van der Waals surface area contributed by atoms with Crippen molar-refractivity contribution in [3.8, 4) is 0 Å². The zero-order chi connectivity index (χ0) is 15.0. The van der Waals surface area contributed by atoms with Crippen molar-refractivity contribution in [3.05, 3.63) is 11.1 Å². The van der Waals surface area contributed by atoms with Crippen molar-refractivity contribution in [2.24, 2.45) is 5.92 Å². The Kier molecular flexibility index (Phi) is 7.10. The highest BCUT2D eigenvalue weighted by atomic mass is 32.1. The predicted molar refractivity (Wildman–Crippen MR) is 73.7 cm³/mol. The molecule has 0 saturated carbocycles. The van der Waals surface area contributed by atoms with Gasteiger partial charge in [0.05, 0.1) is 12.1 Å². The summed E-state index contributed by atoms with van der Waals surface area (Å²) in [6.45, 7) is 5.27. The van der Waals surface area contributed by atoms with Gasteiger partial charge in [-0.3, -0.25) is 9.59 Å². The van der Waals surface area contributed by atoms with Gasteiger partial charge in [-0.25, -0.2) is 0 Å². The van der Waals surface area contributed by atoms with Crippen LogP contribution in [0.4, 0.5) is 0 Å². The summed E-state index contributed by atoms with van der Waals surface area (Å²) in [5, 5.41) is 12.6. The van der Waals surface area contributed by atoms with Gasteiger partial charge in [-0.1, -0.05) is 11.4 Å². The molecular weight excluding hydrogens is 282 g/mol. The molecular formula is C12H19N3O4S. The summed E-state index contributed by atoms with van der Waals surface area (Å²) < 4.78 is 8.88. The maximum atomic E-state index is 12.3. The minimum absolute atomic E-state index is 0.165. The first kappa shape index (κ1) is 16.5. The number of carboxylic acid groups (broad SMARTS) is 1. The smallest absolute Gasteiger partial charge is 0.308 e. The average Bonchev–Trinajstić information content (AvgIpc) is 2.95. The van der Waals surface area contributed by atoms with Gasteiger partial charge in [0.2, 0.25) is 0 Å². The lowest BCUT2D eigenvalue weighted by atomic mass is 10.1. The topological polar surface area (TPSA) is 92.6 Å². The van der Waals surface area contributed by atoms with E-state index in [1.54, 1.807) is 6.92 Å². The van der Waals surface area contributed by atoms with Gasteiger partial charge in [0, 0.05) is 26.3 Å². The fraction of sp³-hybridized carbons (Fsp3) is 0.667. The number of carbonyl (C=O) groups is 2. The molecule has 20 heavy (non-hydrogen) atoms. The Bertz CT molecular complexity index is 424. The number of rotatable bonds is 9. The molecule has 1 unspecified atom stereocenters. The number of amides is 1. The lowest BCUT2D eigenvalue weighted by molar-refractivity contribution is -0.141. The molecule has 0 saturated heterocycles. The predicted octanol–water partition coefficient (Wildman–Crippen LogP) is 1.13. The Hall–Kier alpha value is -1.54. The van der Waals surface area contributed by atoms with Crippen LogP contribution in [-0.2, 0) is 9.53 Å². The molecule has 0 fully saturated rings. The molecule has 0 aromatic carbocycles. The molecule has 0 radical (unpaired) electrons. The van der Waals surface area contributed by atoms with E-state index in [2.05, 4.69) is 9.59 Å². The Labute approximate surface area is 121 Å². The van der Waals surface area contributed by atoms with E-state index < -0.39 is 11.9 Å². The maximum Gasteiger partial charge on any atom is 0.308 e. The van der Waals surface area contributed by atoms with E-state index in [4.69, 9.17) is 9.84 Å². The van der Waals surface area contributed by atoms with Gasteiger partial charge in [0.1, 0.15) is 4.88 Å². The third-order valence-corrected chi connectivity index (χ3v) is 3.35. The quantitative estimate of drug-likeness (QED) is 0.687. The monoisotopic (exact) mass is 301 g/mol. The molecule has 1 atom stereocenters. The summed E-state index contributed by atoms with van der Waals surface area (Å²) in [6.07, 6.45) is 2.06. The second-order valence-electron chi connectivity index (χ2n) is 4.32. The normalized spacial score (nSPS) is 12.1. The number of hydrogen-bond donors (Lipinski definition) is 1. The molecule has 1 N–H and O–H groups in total. The molecule has 0 aliphatic rings. The Balaban J connectivity index is 2.63. The molecule has 1 heterocycles. The first-order chi connectivity index (χ1) is 9.56. The zero-order valence-electron chi connectivity index (χ0n) is 11.6. The number of nitrogens with zero attached hydrogens (tertiary/aromatic N) is 3. The van der Waals surface area contributed by atoms with Crippen LogP contribution in [0.1, 0.15) is 29.9 Å². The largest absolute Gasteiger partial charge is 0.481 e. The van der Waals surface area contributed by atoms with Crippen molar-refractivity contribution in [1.29, 1.82) is 0 Å². The van der Waals surface area contributed by atoms with Crippen molar-refractivity contribution < 1.29 is 19.4 Å². The Morgan fingerprint density at radius 2 is 2.30 bits per heavy atom. The van der Waals surface area contributed by atoms with Crippen LogP contribution in [0.15, 0.2) is 6.20 Å². The average molecular weight is 301 g/mol. The van der Waals surface area contributed by atoms with Crippen molar-refractivity contribution in [1.82, 2.24) is 14.5 Å². The summed E-state index contributed by atoms with van der Waals surface area (Å²) >= 11 is 1.01. The van der Waals surface area contributed by atoms with Crippen molar-refractivity contribution in [2.45, 2.75) is 20.3 Å². The van der Waals surface area contributed by atoms with Gasteiger partial charge in [-0.15, -0.1) is 5.10 Å². The van der Waals surface area contributed by atoms with Gasteiger partial charge in [0.15, 0.2) is 0 Å². The number of carboxylic acids is 1. The molecule has 8 heteroatoms. The van der Waals surface area contributed by atoms with E-state index >= 15 is 0 Å². The first-order valence-corrected chi connectivity index (χ1v) is 7.20. The van der Waals surface area contributed by atoms with Crippen LogP contribution < -0.4 is 0 Å². The highest BCUT2D eigenvalue weighted by Crippen LogP contribution is 2.11. The van der Waals surface area contributed by atoms with Crippen LogP contribution in [-0.4, -0.2) is 57.8 Å². The number of ether oxygens (including phenoxy) is 1. The molecule has 7 nitrogen and oxygen atoms in total. The molecule has 0 aliphatic heterocycles. The van der Waals surface area contributed by atoms with Crippen molar-refractivity contribution in [3.63, 3.8) is 0 Å². The maximum absolute atomic E-state index is 12.3. The van der Waals surface area contributed by atoms with E-state index in [-0.39, 0.29) is 12.5 Å². The minimum Gasteiger partial charge on any atom is -0.481 e. The van der Waals surface area contributed by atoms with Crippen LogP contribution in [0, 0.1) is 5.92 Å². The molecule has 0 aliphatic carbocycles. The lowest BCUT2D eigenvalue weighted by Gasteiger charge is -2.23. The van der Waals surface area contributed by atoms with Gasteiger partial charge in [0.25, 0.3) is 5.91 Å². The molecule has 1 aromatic heterocycles. The number of carbonyl (C=O) groups excluding carboxylic acids is 1. The van der Waals surface area contributed by atoms with E-state index in [0.29, 0.717) is 31.1 Å². The second kappa shape index (κ2) is 8.60. The van der Waals surface area contributed by atoms with Crippen molar-refractivity contribution >= 4 is 23.4 Å². The Morgan fingerprint density at radius 1 is 1.55 bits per heavy atom. The standard InChI is InChI=1S/C12H19N3O4S/c1-3-19-6-4-5-15(8-9(2)12(17)18)11(16)10-7-13-14-20-10/h7,9H,3-6,8H2,1-2H3,(H,17,18). The lowest BCUT2D eigenvalue weighted by Crippen LogP contribution is -2.37. The van der Waals surface area contributed by atoms with Crippen molar-refractivity contribution in [2.75, 3.05) is 26.3 Å². The van der Waals surface area contributed by atoms with Gasteiger partial charge >= 0.3 is 5.97 Å². The minimum atomic E-state index is -0.921. The van der Waals surface area contributed by atoms with E-state index in [0.717, 1.165) is 11.5 Å². The van der Waals surface area contributed by atoms with Gasteiger partial charge in [-0.2, -0.15) is 0 Å². The number of aliphatic carboxylic acids is 1. The van der Waals surface area contributed by atoms with Crippen LogP contribution in [0.25, 0.3) is 0 Å². The summed E-state index contributed by atoms with van der Waals surface area (Å²) in [5.74, 6) is -1.77. The summed E-state index contributed by atoms with van der Waals surface area (Å²) in [5.41, 5.74) is 0. The van der Waals surface area contributed by atoms with Gasteiger partial charge < -0.3 is 14.7 Å². The molecule has 1 amide bonds. The fourth-order valence-electron chi connectivity index (χ4n) is 1.60. The summed E-state index contributed by atoms with van der Waals surface area (Å²) in [6, 6.07) is 0. The van der Waals surface area contributed by atoms with E-state index in [9.17, 15) is 9.59 Å². The fourth-order valence-corrected chi connectivity index (χ4v) is 2.09. The second-order valence-corrected chi connectivity index (χ2v) is 5.11. The third-order valence-electron chi connectivity index (χ3n) is 2.70. The SMILES string of the molecule is CCOCCCN(CC(C)C(=O)O)C(=O)c1cnns1. The molecule has 112 valence electrons. The molecule has 0 spiro atoms. The highest BCUT2D eigenvalue weighted by molar-refractivity contribution is 7.07. The van der Waals surface area contributed by atoms with Crippen LogP contribution in [0.3, 0.4) is 0 Å². The summed E-state index contributed by atoms with van der Waals surface area (Å²) in [4.78, 5) is 25.1. The Morgan fingerprint density at radius 3 is 2.85 bits per heavy atom. The number of aromatic nitrogens is 2. The number of hydrogen-bond acceptors (Lipinski definition) is 6. The molecule has 0 bridgehead atoms. The van der Waals surface area contributed by atoms with Crippen LogP contribution in [0.2, 0.25) is 0 Å². The highest BCUT2D eigenvalue weighted by Gasteiger charge is 2.22. The first-order valence-electron chi connectivity index (χ1n) is 6.43. The van der Waals surface area contributed by atoms with E-state index in [1.807, 2.05) is 6.92 Å². The van der Waals surface area contributed by atoms with E-state index in [1.165, 1.54) is 11.1 Å². The van der Waals surface area contributed by atoms with Crippen LogP contribution in [0.5, 0.6) is 0 Å². The molecule has 1 aromatic rings. The molecule has 1 rings (SSSR count). The zero-order valence-corrected chi connectivity index (χ0v) is 12.4. The van der Waals surface area contributed by atoms with Crippen LogP contribution >= 0.6 is 11.5 Å². The third kappa shape index (κ3) is 5.22. The van der Waals surface area contributed by atoms with Gasteiger partial charge in [-0.05, 0) is 24.9 Å². The summed E-state index contributed by atoms with van der Waals surface area (Å²) in [7, 11) is 0.